The van der Waals surface area contributed by atoms with E-state index in [1.54, 1.807) is 17.5 Å². The lowest BCUT2D eigenvalue weighted by Gasteiger charge is -2.37. The van der Waals surface area contributed by atoms with Gasteiger partial charge in [-0.15, -0.1) is 22.7 Å². The Hall–Kier alpha value is -2.77. The number of amides is 1. The molecule has 4 rings (SSSR count). The van der Waals surface area contributed by atoms with Crippen molar-refractivity contribution in [3.63, 3.8) is 0 Å². The van der Waals surface area contributed by atoms with Crippen LogP contribution in [0.25, 0.3) is 11.3 Å². The smallest absolute Gasteiger partial charge is 0.235 e. The average Bonchev–Trinajstić information content (AvgIpc) is 3.40. The third-order valence-electron chi connectivity index (χ3n) is 4.99. The van der Waals surface area contributed by atoms with E-state index in [1.165, 1.54) is 11.3 Å². The van der Waals surface area contributed by atoms with Crippen molar-refractivity contribution in [2.24, 2.45) is 11.7 Å². The molecule has 2 unspecified atom stereocenters. The summed E-state index contributed by atoms with van der Waals surface area (Å²) in [6, 6.07) is 10.1. The van der Waals surface area contributed by atoms with Gasteiger partial charge < -0.3 is 11.1 Å². The van der Waals surface area contributed by atoms with Gasteiger partial charge in [-0.3, -0.25) is 4.79 Å². The summed E-state index contributed by atoms with van der Waals surface area (Å²) >= 11 is 2.99. The van der Waals surface area contributed by atoms with Crippen molar-refractivity contribution in [1.29, 1.82) is 0 Å². The zero-order valence-corrected chi connectivity index (χ0v) is 17.0. The maximum atomic E-state index is 12.6. The third-order valence-corrected chi connectivity index (χ3v) is 6.67. The summed E-state index contributed by atoms with van der Waals surface area (Å²) in [7, 11) is 0. The lowest BCUT2D eigenvalue weighted by molar-refractivity contribution is -0.123. The molecule has 28 heavy (non-hydrogen) atoms. The van der Waals surface area contributed by atoms with Crippen LogP contribution in [-0.4, -0.2) is 15.9 Å². The van der Waals surface area contributed by atoms with Crippen molar-refractivity contribution >= 4 is 33.7 Å². The van der Waals surface area contributed by atoms with Gasteiger partial charge in [0.2, 0.25) is 5.91 Å². The summed E-state index contributed by atoms with van der Waals surface area (Å²) < 4.78 is 0. The normalized spacial score (nSPS) is 21.3. The highest BCUT2D eigenvalue weighted by Crippen LogP contribution is 2.43. The Morgan fingerprint density at radius 1 is 1.29 bits per heavy atom. The second-order valence-electron chi connectivity index (χ2n) is 6.54. The van der Waals surface area contributed by atoms with E-state index in [2.05, 4.69) is 17.2 Å². The van der Waals surface area contributed by atoms with Crippen LogP contribution in [0.5, 0.6) is 0 Å². The lowest BCUT2D eigenvalue weighted by atomic mass is 9.69. The molecule has 3 N–H and O–H groups in total. The number of aromatic nitrogens is 2. The van der Waals surface area contributed by atoms with Crippen molar-refractivity contribution in [3.05, 3.63) is 76.2 Å². The Kier molecular flexibility index (Phi) is 5.11. The number of anilines is 1. The van der Waals surface area contributed by atoms with Gasteiger partial charge in [-0.1, -0.05) is 49.4 Å². The summed E-state index contributed by atoms with van der Waals surface area (Å²) in [6.07, 6.45) is 8.20. The van der Waals surface area contributed by atoms with Gasteiger partial charge in [-0.05, 0) is 12.5 Å². The SMILES string of the molecule is CCC1C(Nc2nc(-c3ccccc3)cs2)=CC=CC1(C(N)=O)c1nccs1. The number of hydrogen-bond acceptors (Lipinski definition) is 6. The van der Waals surface area contributed by atoms with Crippen molar-refractivity contribution in [1.82, 2.24) is 9.97 Å². The minimum atomic E-state index is -0.945. The first-order valence-electron chi connectivity index (χ1n) is 9.02. The second-order valence-corrected chi connectivity index (χ2v) is 8.29. The van der Waals surface area contributed by atoms with Gasteiger partial charge in [0.25, 0.3) is 0 Å². The molecule has 7 heteroatoms. The van der Waals surface area contributed by atoms with E-state index < -0.39 is 5.41 Å². The van der Waals surface area contributed by atoms with E-state index >= 15 is 0 Å². The Balaban J connectivity index is 1.65. The molecule has 1 aliphatic carbocycles. The highest BCUT2D eigenvalue weighted by molar-refractivity contribution is 7.14. The zero-order chi connectivity index (χ0) is 19.6. The first-order valence-corrected chi connectivity index (χ1v) is 10.8. The van der Waals surface area contributed by atoms with Crippen LogP contribution in [0.1, 0.15) is 18.4 Å². The predicted octanol–water partition coefficient (Wildman–Crippen LogP) is 4.58. The first-order chi connectivity index (χ1) is 13.6. The Morgan fingerprint density at radius 2 is 2.11 bits per heavy atom. The predicted molar refractivity (Wildman–Crippen MR) is 115 cm³/mol. The summed E-state index contributed by atoms with van der Waals surface area (Å²) in [4.78, 5) is 21.7. The van der Waals surface area contributed by atoms with Crippen LogP contribution in [0.4, 0.5) is 5.13 Å². The molecule has 0 spiro atoms. The molecule has 1 aromatic carbocycles. The number of nitrogens with zero attached hydrogens (tertiary/aromatic N) is 2. The molecule has 0 fully saturated rings. The highest BCUT2D eigenvalue weighted by atomic mass is 32.1. The van der Waals surface area contributed by atoms with Crippen molar-refractivity contribution in [2.75, 3.05) is 5.32 Å². The van der Waals surface area contributed by atoms with Crippen molar-refractivity contribution < 1.29 is 4.79 Å². The first kappa shape index (κ1) is 18.6. The molecule has 1 aliphatic rings. The van der Waals surface area contributed by atoms with E-state index in [4.69, 9.17) is 10.7 Å². The van der Waals surface area contributed by atoms with Gasteiger partial charge in [-0.25, -0.2) is 9.97 Å². The maximum Gasteiger partial charge on any atom is 0.235 e. The zero-order valence-electron chi connectivity index (χ0n) is 15.3. The Labute approximate surface area is 171 Å². The minimum absolute atomic E-state index is 0.134. The molecule has 1 amide bonds. The van der Waals surface area contributed by atoms with Crippen LogP contribution in [-0.2, 0) is 10.2 Å². The molecule has 0 saturated heterocycles. The standard InChI is InChI=1S/C21H20N4OS2/c1-2-15-16(9-6-10-21(15,18(22)26)19-23-11-12-27-19)24-20-25-17(13-28-20)14-7-4-3-5-8-14/h3-13,15H,2H2,1H3,(H2,22,26)(H,24,25). The summed E-state index contributed by atoms with van der Waals surface area (Å²) in [5.74, 6) is -0.521. The fourth-order valence-electron chi connectivity index (χ4n) is 3.66. The molecule has 0 bridgehead atoms. The van der Waals surface area contributed by atoms with Crippen LogP contribution in [0.2, 0.25) is 0 Å². The van der Waals surface area contributed by atoms with Crippen LogP contribution in [0, 0.1) is 5.92 Å². The summed E-state index contributed by atoms with van der Waals surface area (Å²) in [5.41, 5.74) is 7.88. The molecule has 3 aromatic rings. The number of benzene rings is 1. The van der Waals surface area contributed by atoms with E-state index in [1.807, 2.05) is 59.3 Å². The third kappa shape index (κ3) is 3.16. The molecular formula is C21H20N4OS2. The van der Waals surface area contributed by atoms with E-state index in [9.17, 15) is 4.79 Å². The van der Waals surface area contributed by atoms with Gasteiger partial charge >= 0.3 is 0 Å². The number of thiazole rings is 2. The van der Waals surface area contributed by atoms with E-state index in [0.717, 1.165) is 33.5 Å². The van der Waals surface area contributed by atoms with Crippen LogP contribution in [0.3, 0.4) is 0 Å². The molecule has 0 saturated carbocycles. The fourth-order valence-corrected chi connectivity index (χ4v) is 5.27. The van der Waals surface area contributed by atoms with Gasteiger partial charge in [0, 0.05) is 34.1 Å². The Morgan fingerprint density at radius 3 is 2.79 bits per heavy atom. The fraction of sp³-hybridized carbons (Fsp3) is 0.190. The molecule has 2 atom stereocenters. The molecule has 0 radical (unpaired) electrons. The van der Waals surface area contributed by atoms with Crippen LogP contribution in [0.15, 0.2) is 71.2 Å². The largest absolute Gasteiger partial charge is 0.369 e. The van der Waals surface area contributed by atoms with E-state index in [0.29, 0.717) is 0 Å². The highest BCUT2D eigenvalue weighted by Gasteiger charge is 2.48. The number of carbonyl (C=O) groups is 1. The molecule has 2 heterocycles. The van der Waals surface area contributed by atoms with Crippen molar-refractivity contribution in [2.45, 2.75) is 18.8 Å². The monoisotopic (exact) mass is 408 g/mol. The molecule has 5 nitrogen and oxygen atoms in total. The molecule has 0 aliphatic heterocycles. The van der Waals surface area contributed by atoms with Crippen LogP contribution >= 0.6 is 22.7 Å². The number of nitrogens with one attached hydrogen (secondary N) is 1. The summed E-state index contributed by atoms with van der Waals surface area (Å²) in [6.45, 7) is 2.06. The number of carbonyl (C=O) groups excluding carboxylic acids is 1. The molecule has 2 aromatic heterocycles. The Bertz CT molecular complexity index is 1020. The van der Waals surface area contributed by atoms with Gasteiger partial charge in [-0.2, -0.15) is 0 Å². The van der Waals surface area contributed by atoms with E-state index in [-0.39, 0.29) is 11.8 Å². The van der Waals surface area contributed by atoms with Crippen LogP contribution < -0.4 is 11.1 Å². The minimum Gasteiger partial charge on any atom is -0.369 e. The van der Waals surface area contributed by atoms with Gasteiger partial charge in [0.05, 0.1) is 5.69 Å². The number of nitrogens with two attached hydrogens (primary N) is 1. The summed E-state index contributed by atoms with van der Waals surface area (Å²) in [5, 5.41) is 8.84. The quantitative estimate of drug-likeness (QED) is 0.625. The van der Waals surface area contributed by atoms with Gasteiger partial charge in [0.1, 0.15) is 10.4 Å². The number of primary amides is 1. The second kappa shape index (κ2) is 7.69. The number of hydrogen-bond donors (Lipinski definition) is 2. The lowest BCUT2D eigenvalue weighted by Crippen LogP contribution is -2.48. The maximum absolute atomic E-state index is 12.6. The van der Waals surface area contributed by atoms with Gasteiger partial charge in [0.15, 0.2) is 5.13 Å². The topological polar surface area (TPSA) is 80.9 Å². The number of allylic oxidation sites excluding steroid dienone is 3. The molecule has 142 valence electrons. The van der Waals surface area contributed by atoms with Crippen molar-refractivity contribution in [3.8, 4) is 11.3 Å². The number of rotatable bonds is 6. The molecular weight excluding hydrogens is 388 g/mol. The average molecular weight is 409 g/mol.